The fourth-order valence-corrected chi connectivity index (χ4v) is 1.99. The molecule has 0 aliphatic rings. The Bertz CT molecular complexity index is 375. The fraction of sp³-hybridized carbons (Fsp3) is 0.562. The van der Waals surface area contributed by atoms with Gasteiger partial charge in [0.25, 0.3) is 0 Å². The van der Waals surface area contributed by atoms with Crippen LogP contribution in [-0.4, -0.2) is 44.6 Å². The first-order chi connectivity index (χ1) is 9.76. The zero-order chi connectivity index (χ0) is 14.6. The van der Waals surface area contributed by atoms with Crippen molar-refractivity contribution >= 4 is 5.96 Å². The topological polar surface area (TPSA) is 39.7 Å². The summed E-state index contributed by atoms with van der Waals surface area (Å²) in [5.74, 6) is 0.901. The van der Waals surface area contributed by atoms with Gasteiger partial charge in [-0.3, -0.25) is 4.99 Å². The largest absolute Gasteiger partial charge is 0.356 e. The minimum Gasteiger partial charge on any atom is -0.356 e. The monoisotopic (exact) mass is 276 g/mol. The van der Waals surface area contributed by atoms with Crippen molar-refractivity contribution in [3.8, 4) is 0 Å². The van der Waals surface area contributed by atoms with Crippen molar-refractivity contribution in [2.24, 2.45) is 4.99 Å². The number of benzene rings is 1. The van der Waals surface area contributed by atoms with Gasteiger partial charge < -0.3 is 15.5 Å². The molecule has 4 nitrogen and oxygen atoms in total. The van der Waals surface area contributed by atoms with Gasteiger partial charge in [-0.05, 0) is 32.0 Å². The zero-order valence-corrected chi connectivity index (χ0v) is 13.0. The Morgan fingerprint density at radius 2 is 1.85 bits per heavy atom. The molecular weight excluding hydrogens is 248 g/mol. The minimum atomic E-state index is 0.901. The van der Waals surface area contributed by atoms with Gasteiger partial charge in [0, 0.05) is 26.7 Å². The Morgan fingerprint density at radius 1 is 1.15 bits per heavy atom. The smallest absolute Gasteiger partial charge is 0.190 e. The van der Waals surface area contributed by atoms with Crippen LogP contribution in [0.25, 0.3) is 0 Å². The maximum absolute atomic E-state index is 4.19. The molecule has 0 aromatic heterocycles. The molecule has 0 radical (unpaired) electrons. The maximum Gasteiger partial charge on any atom is 0.190 e. The summed E-state index contributed by atoms with van der Waals surface area (Å²) in [5, 5.41) is 6.61. The van der Waals surface area contributed by atoms with Gasteiger partial charge in [-0.2, -0.15) is 0 Å². The number of hydrogen-bond acceptors (Lipinski definition) is 2. The second-order valence-electron chi connectivity index (χ2n) is 5.00. The van der Waals surface area contributed by atoms with Gasteiger partial charge in [0.15, 0.2) is 5.96 Å². The molecule has 20 heavy (non-hydrogen) atoms. The summed E-state index contributed by atoms with van der Waals surface area (Å²) in [7, 11) is 3.98. The van der Waals surface area contributed by atoms with E-state index in [0.29, 0.717) is 0 Å². The first-order valence-corrected chi connectivity index (χ1v) is 7.43. The van der Waals surface area contributed by atoms with Gasteiger partial charge in [0.2, 0.25) is 0 Å². The van der Waals surface area contributed by atoms with Crippen molar-refractivity contribution in [2.75, 3.05) is 33.7 Å². The number of hydrogen-bond donors (Lipinski definition) is 2. The molecule has 0 aliphatic carbocycles. The Balaban J connectivity index is 2.14. The molecule has 1 rings (SSSR count). The van der Waals surface area contributed by atoms with Crippen LogP contribution in [0.15, 0.2) is 35.3 Å². The third-order valence-electron chi connectivity index (χ3n) is 3.07. The second kappa shape index (κ2) is 10.3. The third-order valence-corrected chi connectivity index (χ3v) is 3.07. The molecule has 0 fully saturated rings. The van der Waals surface area contributed by atoms with Gasteiger partial charge >= 0.3 is 0 Å². The summed E-state index contributed by atoms with van der Waals surface area (Å²) in [6.07, 6.45) is 2.22. The van der Waals surface area contributed by atoms with E-state index in [-0.39, 0.29) is 0 Å². The summed E-state index contributed by atoms with van der Waals surface area (Å²) in [4.78, 5) is 6.54. The van der Waals surface area contributed by atoms with E-state index in [0.717, 1.165) is 45.0 Å². The van der Waals surface area contributed by atoms with Crippen LogP contribution in [0.2, 0.25) is 0 Å². The molecule has 0 aliphatic heterocycles. The highest BCUT2D eigenvalue weighted by molar-refractivity contribution is 5.79. The molecule has 4 heteroatoms. The molecule has 1 aromatic carbocycles. The van der Waals surface area contributed by atoms with Gasteiger partial charge in [-0.15, -0.1) is 0 Å². The summed E-state index contributed by atoms with van der Waals surface area (Å²) in [6.45, 7) is 6.14. The highest BCUT2D eigenvalue weighted by Gasteiger charge is 2.00. The zero-order valence-electron chi connectivity index (χ0n) is 13.0. The van der Waals surface area contributed by atoms with Crippen LogP contribution in [0.4, 0.5) is 0 Å². The summed E-state index contributed by atoms with van der Waals surface area (Å²) < 4.78 is 0. The molecule has 0 saturated carbocycles. The Labute approximate surface area is 123 Å². The van der Waals surface area contributed by atoms with E-state index in [1.807, 2.05) is 7.05 Å². The predicted molar refractivity (Wildman–Crippen MR) is 87.0 cm³/mol. The summed E-state index contributed by atoms with van der Waals surface area (Å²) >= 11 is 0. The molecule has 2 N–H and O–H groups in total. The van der Waals surface area contributed by atoms with E-state index < -0.39 is 0 Å². The fourth-order valence-electron chi connectivity index (χ4n) is 1.99. The lowest BCUT2D eigenvalue weighted by atomic mass is 10.2. The van der Waals surface area contributed by atoms with Crippen molar-refractivity contribution < 1.29 is 0 Å². The van der Waals surface area contributed by atoms with E-state index in [9.17, 15) is 0 Å². The standard InChI is InChI=1S/C16H28N4/c1-4-11-18-16(17-2)19-12-8-13-20(3)14-15-9-6-5-7-10-15/h5-7,9-10H,4,8,11-14H2,1-3H3,(H2,17,18,19). The van der Waals surface area contributed by atoms with Gasteiger partial charge in [0.1, 0.15) is 0 Å². The number of guanidine groups is 1. The number of nitrogens with zero attached hydrogens (tertiary/aromatic N) is 2. The molecule has 1 aromatic rings. The molecule has 0 spiro atoms. The normalized spacial score (nSPS) is 11.7. The van der Waals surface area contributed by atoms with Crippen LogP contribution in [0.3, 0.4) is 0 Å². The molecule has 0 unspecified atom stereocenters. The van der Waals surface area contributed by atoms with E-state index >= 15 is 0 Å². The average Bonchev–Trinajstić information content (AvgIpc) is 2.47. The third kappa shape index (κ3) is 7.14. The highest BCUT2D eigenvalue weighted by atomic mass is 15.2. The highest BCUT2D eigenvalue weighted by Crippen LogP contribution is 2.02. The predicted octanol–water partition coefficient (Wildman–Crippen LogP) is 2.08. The lowest BCUT2D eigenvalue weighted by molar-refractivity contribution is 0.322. The number of rotatable bonds is 8. The van der Waals surface area contributed by atoms with Crippen molar-refractivity contribution in [3.63, 3.8) is 0 Å². The molecule has 0 bridgehead atoms. The van der Waals surface area contributed by atoms with Gasteiger partial charge in [0.05, 0.1) is 0 Å². The second-order valence-corrected chi connectivity index (χ2v) is 5.00. The Morgan fingerprint density at radius 3 is 2.50 bits per heavy atom. The molecule has 0 saturated heterocycles. The van der Waals surface area contributed by atoms with E-state index in [2.05, 4.69) is 64.8 Å². The van der Waals surface area contributed by atoms with E-state index in [1.54, 1.807) is 0 Å². The van der Waals surface area contributed by atoms with Crippen molar-refractivity contribution in [2.45, 2.75) is 26.3 Å². The van der Waals surface area contributed by atoms with Crippen LogP contribution < -0.4 is 10.6 Å². The first-order valence-electron chi connectivity index (χ1n) is 7.43. The molecule has 0 amide bonds. The van der Waals surface area contributed by atoms with Crippen molar-refractivity contribution in [1.82, 2.24) is 15.5 Å². The van der Waals surface area contributed by atoms with Crippen LogP contribution in [-0.2, 0) is 6.54 Å². The van der Waals surface area contributed by atoms with Crippen molar-refractivity contribution in [1.29, 1.82) is 0 Å². The molecule has 112 valence electrons. The maximum atomic E-state index is 4.19. The van der Waals surface area contributed by atoms with E-state index in [1.165, 1.54) is 5.56 Å². The van der Waals surface area contributed by atoms with E-state index in [4.69, 9.17) is 0 Å². The Kier molecular flexibility index (Phi) is 8.47. The average molecular weight is 276 g/mol. The van der Waals surface area contributed by atoms with Crippen LogP contribution in [0.5, 0.6) is 0 Å². The lowest BCUT2D eigenvalue weighted by Gasteiger charge is -2.17. The van der Waals surface area contributed by atoms with Crippen LogP contribution >= 0.6 is 0 Å². The number of aliphatic imine (C=N–C) groups is 1. The molecular formula is C16H28N4. The number of nitrogens with one attached hydrogen (secondary N) is 2. The van der Waals surface area contributed by atoms with Crippen LogP contribution in [0, 0.1) is 0 Å². The van der Waals surface area contributed by atoms with Gasteiger partial charge in [-0.1, -0.05) is 37.3 Å². The van der Waals surface area contributed by atoms with Gasteiger partial charge in [-0.25, -0.2) is 0 Å². The first kappa shape index (κ1) is 16.5. The SMILES string of the molecule is CCCNC(=NC)NCCCN(C)Cc1ccccc1. The minimum absolute atomic E-state index is 0.901. The molecule has 0 heterocycles. The quantitative estimate of drug-likeness (QED) is 0.434. The Hall–Kier alpha value is -1.55. The lowest BCUT2D eigenvalue weighted by Crippen LogP contribution is -2.38. The van der Waals surface area contributed by atoms with Crippen molar-refractivity contribution in [3.05, 3.63) is 35.9 Å². The summed E-state index contributed by atoms with van der Waals surface area (Å²) in [5.41, 5.74) is 1.36. The summed E-state index contributed by atoms with van der Waals surface area (Å²) in [6, 6.07) is 10.6. The molecule has 0 atom stereocenters. The van der Waals surface area contributed by atoms with Crippen LogP contribution in [0.1, 0.15) is 25.3 Å².